The highest BCUT2D eigenvalue weighted by Gasteiger charge is 2.39. The molecule has 0 bridgehead atoms. The number of rotatable bonds is 10. The van der Waals surface area contributed by atoms with Gasteiger partial charge in [0, 0.05) is 18.2 Å². The molecule has 8 heteroatoms. The highest BCUT2D eigenvalue weighted by molar-refractivity contribution is 5.99. The molecule has 0 aliphatic rings. The van der Waals surface area contributed by atoms with Gasteiger partial charge < -0.3 is 25.0 Å². The summed E-state index contributed by atoms with van der Waals surface area (Å²) in [5.41, 5.74) is 3.18. The lowest BCUT2D eigenvalue weighted by molar-refractivity contribution is -0.143. The summed E-state index contributed by atoms with van der Waals surface area (Å²) in [5, 5.41) is 5.79. The summed E-state index contributed by atoms with van der Waals surface area (Å²) < 4.78 is 10.8. The van der Waals surface area contributed by atoms with Crippen molar-refractivity contribution in [3.63, 3.8) is 0 Å². The van der Waals surface area contributed by atoms with Crippen LogP contribution in [0.2, 0.25) is 0 Å². The van der Waals surface area contributed by atoms with Crippen LogP contribution in [0, 0.1) is 13.8 Å². The van der Waals surface area contributed by atoms with E-state index in [9.17, 15) is 14.4 Å². The first-order chi connectivity index (χ1) is 19.8. The van der Waals surface area contributed by atoms with Gasteiger partial charge in [0.15, 0.2) is 0 Å². The highest BCUT2D eigenvalue weighted by Crippen LogP contribution is 2.31. The van der Waals surface area contributed by atoms with Gasteiger partial charge in [-0.05, 0) is 95.0 Å². The number of benzene rings is 3. The molecule has 3 rings (SSSR count). The van der Waals surface area contributed by atoms with Gasteiger partial charge in [-0.2, -0.15) is 0 Å². The number of nitrogens with one attached hydrogen (secondary N) is 2. The van der Waals surface area contributed by atoms with E-state index in [4.69, 9.17) is 9.47 Å². The molecule has 3 aromatic rings. The maximum absolute atomic E-state index is 14.5. The number of carbonyl (C=O) groups excluding carboxylic acids is 3. The quantitative estimate of drug-likeness (QED) is 0.294. The van der Waals surface area contributed by atoms with E-state index in [2.05, 4.69) is 10.6 Å². The van der Waals surface area contributed by atoms with Gasteiger partial charge in [-0.1, -0.05) is 48.5 Å². The summed E-state index contributed by atoms with van der Waals surface area (Å²) in [6.07, 6.45) is -0.478. The summed E-state index contributed by atoms with van der Waals surface area (Å²) >= 11 is 0. The third-order valence-electron chi connectivity index (χ3n) is 6.78. The number of ether oxygens (including phenoxy) is 2. The van der Waals surface area contributed by atoms with Crippen molar-refractivity contribution in [3.05, 3.63) is 95.1 Å². The second kappa shape index (κ2) is 14.0. The van der Waals surface area contributed by atoms with E-state index < -0.39 is 29.7 Å². The van der Waals surface area contributed by atoms with Gasteiger partial charge in [-0.25, -0.2) is 4.79 Å². The molecule has 0 spiro atoms. The number of alkyl carbamates (subject to hydrolysis) is 1. The molecule has 2 atom stereocenters. The average Bonchev–Trinajstić information content (AvgIpc) is 2.91. The van der Waals surface area contributed by atoms with Gasteiger partial charge in [0.2, 0.25) is 5.91 Å². The van der Waals surface area contributed by atoms with Crippen molar-refractivity contribution >= 4 is 23.6 Å². The van der Waals surface area contributed by atoms with Crippen molar-refractivity contribution in [1.29, 1.82) is 0 Å². The number of hydrogen-bond donors (Lipinski definition) is 2. The highest BCUT2D eigenvalue weighted by atomic mass is 16.6. The number of nitrogens with zero attached hydrogens (tertiary/aromatic N) is 1. The zero-order valence-corrected chi connectivity index (χ0v) is 25.9. The van der Waals surface area contributed by atoms with E-state index >= 15 is 0 Å². The lowest BCUT2D eigenvalue weighted by atomic mass is 9.92. The molecule has 2 N–H and O–H groups in total. The first-order valence-corrected chi connectivity index (χ1v) is 14.2. The molecule has 0 radical (unpaired) electrons. The Kier molecular flexibility index (Phi) is 10.8. The molecule has 3 amide bonds. The largest absolute Gasteiger partial charge is 0.497 e. The van der Waals surface area contributed by atoms with Crippen LogP contribution < -0.4 is 15.4 Å². The third-order valence-corrected chi connectivity index (χ3v) is 6.78. The fraction of sp³-hybridized carbons (Fsp3) is 0.382. The van der Waals surface area contributed by atoms with Crippen LogP contribution in [0.5, 0.6) is 5.75 Å². The molecule has 0 aliphatic carbocycles. The zero-order valence-electron chi connectivity index (χ0n) is 25.9. The van der Waals surface area contributed by atoms with E-state index in [1.54, 1.807) is 57.0 Å². The second-order valence-electron chi connectivity index (χ2n) is 11.7. The van der Waals surface area contributed by atoms with Crippen LogP contribution in [-0.2, 0) is 20.7 Å². The van der Waals surface area contributed by atoms with Crippen LogP contribution in [0.3, 0.4) is 0 Å². The van der Waals surface area contributed by atoms with Crippen molar-refractivity contribution in [2.75, 3.05) is 12.4 Å². The standard InChI is InChI=1S/C34H43N3O5/c1-22(2)37(32(39)28(21-25-15-10-9-11-16-25)36-33(40)42-34(5,6)7)30(29-23(3)13-12-14-24(29)4)31(38)35-26-17-19-27(41-8)20-18-26/h9-20,22,28,30H,21H2,1-8H3,(H,35,38)(H,36,40). The normalized spacial score (nSPS) is 12.7. The van der Waals surface area contributed by atoms with Crippen LogP contribution in [0.1, 0.15) is 62.9 Å². The van der Waals surface area contributed by atoms with Gasteiger partial charge in [-0.3, -0.25) is 9.59 Å². The summed E-state index contributed by atoms with van der Waals surface area (Å²) in [5.74, 6) is -0.0946. The Morgan fingerprint density at radius 1 is 0.857 bits per heavy atom. The second-order valence-corrected chi connectivity index (χ2v) is 11.7. The molecule has 42 heavy (non-hydrogen) atoms. The number of methoxy groups -OCH3 is 1. The van der Waals surface area contributed by atoms with Crippen LogP contribution >= 0.6 is 0 Å². The fourth-order valence-corrected chi connectivity index (χ4v) is 4.90. The van der Waals surface area contributed by atoms with E-state index in [0.29, 0.717) is 11.4 Å². The van der Waals surface area contributed by atoms with Crippen molar-refractivity contribution < 1.29 is 23.9 Å². The molecule has 0 saturated carbocycles. The van der Waals surface area contributed by atoms with Crippen molar-refractivity contribution in [2.45, 2.75) is 78.6 Å². The first-order valence-electron chi connectivity index (χ1n) is 14.2. The van der Waals surface area contributed by atoms with E-state index in [1.165, 1.54) is 0 Å². The Balaban J connectivity index is 2.08. The van der Waals surface area contributed by atoms with E-state index in [0.717, 1.165) is 22.3 Å². The molecule has 3 aromatic carbocycles. The maximum Gasteiger partial charge on any atom is 0.408 e. The summed E-state index contributed by atoms with van der Waals surface area (Å²) in [4.78, 5) is 43.2. The van der Waals surface area contributed by atoms with Crippen molar-refractivity contribution in [3.8, 4) is 5.75 Å². The Labute approximate surface area is 249 Å². The third kappa shape index (κ3) is 8.59. The lowest BCUT2D eigenvalue weighted by Crippen LogP contribution is -2.55. The maximum atomic E-state index is 14.5. The Morgan fingerprint density at radius 3 is 1.98 bits per heavy atom. The minimum absolute atomic E-state index is 0.224. The molecule has 2 unspecified atom stereocenters. The number of carbonyl (C=O) groups is 3. The predicted molar refractivity (Wildman–Crippen MR) is 166 cm³/mol. The van der Waals surface area contributed by atoms with Gasteiger partial charge in [0.1, 0.15) is 23.4 Å². The monoisotopic (exact) mass is 573 g/mol. The Bertz CT molecular complexity index is 1340. The molecular weight excluding hydrogens is 530 g/mol. The lowest BCUT2D eigenvalue weighted by Gasteiger charge is -2.38. The number of aryl methyl sites for hydroxylation is 2. The van der Waals surface area contributed by atoms with Crippen LogP contribution in [0.25, 0.3) is 0 Å². The smallest absolute Gasteiger partial charge is 0.408 e. The van der Waals surface area contributed by atoms with Gasteiger partial charge >= 0.3 is 6.09 Å². The van der Waals surface area contributed by atoms with Crippen LogP contribution in [0.4, 0.5) is 10.5 Å². The van der Waals surface area contributed by atoms with Crippen molar-refractivity contribution in [2.24, 2.45) is 0 Å². The molecule has 0 aromatic heterocycles. The summed E-state index contributed by atoms with van der Waals surface area (Å²) in [7, 11) is 1.58. The zero-order chi connectivity index (χ0) is 31.0. The van der Waals surface area contributed by atoms with E-state index in [1.807, 2.05) is 76.2 Å². The molecule has 0 saturated heterocycles. The van der Waals surface area contributed by atoms with E-state index in [-0.39, 0.29) is 18.4 Å². The minimum atomic E-state index is -0.981. The SMILES string of the molecule is COc1ccc(NC(=O)C(c2c(C)cccc2C)N(C(=O)C(Cc2ccccc2)NC(=O)OC(C)(C)C)C(C)C)cc1. The predicted octanol–water partition coefficient (Wildman–Crippen LogP) is 6.36. The van der Waals surface area contributed by atoms with Gasteiger partial charge in [-0.15, -0.1) is 0 Å². The van der Waals surface area contributed by atoms with Gasteiger partial charge in [0.05, 0.1) is 7.11 Å². The number of amides is 3. The molecular formula is C34H43N3O5. The number of hydrogen-bond acceptors (Lipinski definition) is 5. The Morgan fingerprint density at radius 2 is 1.45 bits per heavy atom. The topological polar surface area (TPSA) is 97.0 Å². The first kappa shape index (κ1) is 32.2. The molecule has 8 nitrogen and oxygen atoms in total. The minimum Gasteiger partial charge on any atom is -0.497 e. The summed E-state index contributed by atoms with van der Waals surface area (Å²) in [6, 6.07) is 19.9. The van der Waals surface area contributed by atoms with Crippen molar-refractivity contribution in [1.82, 2.24) is 10.2 Å². The number of anilines is 1. The van der Waals surface area contributed by atoms with Crippen LogP contribution in [-0.4, -0.2) is 47.6 Å². The molecule has 0 heterocycles. The summed E-state index contributed by atoms with van der Waals surface area (Å²) in [6.45, 7) is 12.9. The average molecular weight is 574 g/mol. The molecule has 224 valence electrons. The molecule has 0 fully saturated rings. The Hall–Kier alpha value is -4.33. The fourth-order valence-electron chi connectivity index (χ4n) is 4.90. The van der Waals surface area contributed by atoms with Gasteiger partial charge in [0.25, 0.3) is 5.91 Å². The van der Waals surface area contributed by atoms with Crippen LogP contribution in [0.15, 0.2) is 72.8 Å². The molecule has 0 aliphatic heterocycles.